The molecule has 0 radical (unpaired) electrons. The smallest absolute Gasteiger partial charge is 0.406 e. The van der Waals surface area contributed by atoms with Crippen molar-refractivity contribution >= 4 is 11.8 Å². The Kier molecular flexibility index (Phi) is 2.09. The first kappa shape index (κ1) is 8.91. The molecule has 0 saturated heterocycles. The number of aromatic hydroxyl groups is 1. The van der Waals surface area contributed by atoms with Crippen LogP contribution >= 0.6 is 0 Å². The Morgan fingerprint density at radius 3 is 2.69 bits per heavy atom. The minimum Gasteiger partial charge on any atom is -0.500 e. The van der Waals surface area contributed by atoms with Gasteiger partial charge in [0.2, 0.25) is 5.75 Å². The van der Waals surface area contributed by atoms with E-state index in [1.165, 1.54) is 0 Å². The number of aromatic carboxylic acids is 1. The van der Waals surface area contributed by atoms with Crippen molar-refractivity contribution in [1.29, 1.82) is 0 Å². The number of carboxylic acids is 1. The number of hydrogen-bond acceptors (Lipinski definition) is 5. The summed E-state index contributed by atoms with van der Waals surface area (Å²) in [6.07, 6.45) is 0.946. The molecule has 0 spiro atoms. The average Bonchev–Trinajstić information content (AvgIpc) is 2.03. The van der Waals surface area contributed by atoms with E-state index in [9.17, 15) is 14.9 Å². The summed E-state index contributed by atoms with van der Waals surface area (Å²) in [4.78, 5) is 22.8. The molecule has 68 valence electrons. The van der Waals surface area contributed by atoms with E-state index >= 15 is 0 Å². The highest BCUT2D eigenvalue weighted by Crippen LogP contribution is 2.26. The Hall–Kier alpha value is -2.18. The minimum absolute atomic E-state index is 0.540. The molecule has 7 heteroatoms. The summed E-state index contributed by atoms with van der Waals surface area (Å²) < 4.78 is 0. The van der Waals surface area contributed by atoms with Gasteiger partial charge in [-0.1, -0.05) is 0 Å². The maximum atomic E-state index is 10.4. The van der Waals surface area contributed by atoms with Crippen LogP contribution in [0.5, 0.6) is 5.75 Å². The first-order valence-electron chi connectivity index (χ1n) is 3.09. The quantitative estimate of drug-likeness (QED) is 0.507. The maximum Gasteiger partial charge on any atom is 0.406 e. The zero-order chi connectivity index (χ0) is 10.0. The van der Waals surface area contributed by atoms with Crippen molar-refractivity contribution in [3.8, 4) is 5.75 Å². The Morgan fingerprint density at radius 1 is 1.62 bits per heavy atom. The molecule has 1 rings (SSSR count). The predicted octanol–water partition coefficient (Wildman–Crippen LogP) is 0.394. The molecular weight excluding hydrogens is 180 g/mol. The number of aromatic nitrogens is 1. The van der Waals surface area contributed by atoms with Gasteiger partial charge in [0, 0.05) is 6.07 Å². The van der Waals surface area contributed by atoms with Crippen LogP contribution in [0.3, 0.4) is 0 Å². The zero-order valence-corrected chi connectivity index (χ0v) is 6.17. The number of carbonyl (C=O) groups is 1. The van der Waals surface area contributed by atoms with Crippen molar-refractivity contribution in [1.82, 2.24) is 4.98 Å². The van der Waals surface area contributed by atoms with Crippen LogP contribution in [-0.2, 0) is 0 Å². The third kappa shape index (κ3) is 1.53. The molecule has 2 N–H and O–H groups in total. The molecule has 1 heterocycles. The molecule has 0 bridgehead atoms. The van der Waals surface area contributed by atoms with E-state index in [-0.39, 0.29) is 0 Å². The third-order valence-corrected chi connectivity index (χ3v) is 1.31. The number of carboxylic acid groups (broad SMARTS) is 1. The van der Waals surface area contributed by atoms with Crippen LogP contribution in [0.2, 0.25) is 0 Å². The van der Waals surface area contributed by atoms with Crippen LogP contribution < -0.4 is 0 Å². The Balaban J connectivity index is 3.35. The normalized spacial score (nSPS) is 9.54. The standard InChI is InChI=1S/C6H4N2O5/c9-4-3(6(10)11)1-2-7-5(4)8(12)13/h1-2,9H,(H,10,11). The van der Waals surface area contributed by atoms with Crippen molar-refractivity contribution in [3.63, 3.8) is 0 Å². The summed E-state index contributed by atoms with van der Waals surface area (Å²) in [5.74, 6) is -3.23. The fourth-order valence-electron chi connectivity index (χ4n) is 0.749. The SMILES string of the molecule is O=C(O)c1ccnc([N+](=O)[O-])c1O. The van der Waals surface area contributed by atoms with Gasteiger partial charge in [-0.3, -0.25) is 0 Å². The van der Waals surface area contributed by atoms with E-state index in [0.717, 1.165) is 12.3 Å². The number of nitro groups is 1. The third-order valence-electron chi connectivity index (χ3n) is 1.31. The van der Waals surface area contributed by atoms with E-state index in [1.807, 2.05) is 0 Å². The van der Waals surface area contributed by atoms with Crippen molar-refractivity contribution < 1.29 is 19.9 Å². The summed E-state index contributed by atoms with van der Waals surface area (Å²) in [7, 11) is 0. The zero-order valence-electron chi connectivity index (χ0n) is 6.17. The van der Waals surface area contributed by atoms with Crippen molar-refractivity contribution in [2.75, 3.05) is 0 Å². The molecule has 0 saturated carbocycles. The van der Waals surface area contributed by atoms with Gasteiger partial charge in [0.25, 0.3) is 0 Å². The Bertz CT molecular complexity index is 343. The van der Waals surface area contributed by atoms with Gasteiger partial charge in [-0.25, -0.2) is 4.79 Å². The van der Waals surface area contributed by atoms with Crippen LogP contribution in [0, 0.1) is 10.1 Å². The summed E-state index contributed by atoms with van der Waals surface area (Å²) in [6, 6.07) is 0.977. The highest BCUT2D eigenvalue weighted by Gasteiger charge is 2.21. The molecule has 1 aromatic heterocycles. The van der Waals surface area contributed by atoms with Gasteiger partial charge in [0.15, 0.2) is 0 Å². The van der Waals surface area contributed by atoms with Crippen LogP contribution in [0.15, 0.2) is 12.3 Å². The lowest BCUT2D eigenvalue weighted by Gasteiger charge is -1.97. The largest absolute Gasteiger partial charge is 0.500 e. The predicted molar refractivity (Wildman–Crippen MR) is 39.5 cm³/mol. The van der Waals surface area contributed by atoms with Gasteiger partial charge in [-0.15, -0.1) is 0 Å². The van der Waals surface area contributed by atoms with Crippen LogP contribution in [0.4, 0.5) is 5.82 Å². The lowest BCUT2D eigenvalue weighted by molar-refractivity contribution is -0.390. The fourth-order valence-corrected chi connectivity index (χ4v) is 0.749. The van der Waals surface area contributed by atoms with Gasteiger partial charge in [0.1, 0.15) is 11.8 Å². The number of pyridine rings is 1. The number of nitrogens with zero attached hydrogens (tertiary/aromatic N) is 2. The Morgan fingerprint density at radius 2 is 2.23 bits per heavy atom. The molecule has 0 atom stereocenters. The van der Waals surface area contributed by atoms with Gasteiger partial charge in [0.05, 0.1) is 0 Å². The van der Waals surface area contributed by atoms with Gasteiger partial charge in [-0.05, 0) is 9.91 Å². The van der Waals surface area contributed by atoms with Gasteiger partial charge < -0.3 is 20.3 Å². The molecular formula is C6H4N2O5. The molecule has 0 aromatic carbocycles. The lowest BCUT2D eigenvalue weighted by Crippen LogP contribution is -2.00. The average molecular weight is 184 g/mol. The minimum atomic E-state index is -1.44. The van der Waals surface area contributed by atoms with Crippen LogP contribution in [0.25, 0.3) is 0 Å². The maximum absolute atomic E-state index is 10.4. The summed E-state index contributed by atoms with van der Waals surface area (Å²) >= 11 is 0. The van der Waals surface area contributed by atoms with Crippen molar-refractivity contribution in [2.45, 2.75) is 0 Å². The lowest BCUT2D eigenvalue weighted by atomic mass is 10.2. The first-order valence-corrected chi connectivity index (χ1v) is 3.09. The summed E-state index contributed by atoms with van der Waals surface area (Å²) in [6.45, 7) is 0. The van der Waals surface area contributed by atoms with E-state index in [1.54, 1.807) is 0 Å². The molecule has 0 aliphatic carbocycles. The summed E-state index contributed by atoms with van der Waals surface area (Å²) in [5.41, 5.74) is -0.540. The number of rotatable bonds is 2. The Labute approximate surface area is 71.4 Å². The van der Waals surface area contributed by atoms with E-state index in [2.05, 4.69) is 4.98 Å². The van der Waals surface area contributed by atoms with Crippen molar-refractivity contribution in [3.05, 3.63) is 27.9 Å². The van der Waals surface area contributed by atoms with Gasteiger partial charge >= 0.3 is 11.8 Å². The van der Waals surface area contributed by atoms with Gasteiger partial charge in [-0.2, -0.15) is 0 Å². The molecule has 0 amide bonds. The highest BCUT2D eigenvalue weighted by molar-refractivity contribution is 5.91. The molecule has 0 unspecified atom stereocenters. The molecule has 13 heavy (non-hydrogen) atoms. The van der Waals surface area contributed by atoms with E-state index in [4.69, 9.17) is 10.2 Å². The molecule has 0 fully saturated rings. The van der Waals surface area contributed by atoms with E-state index in [0.29, 0.717) is 0 Å². The second kappa shape index (κ2) is 3.05. The summed E-state index contributed by atoms with van der Waals surface area (Å²) in [5, 5.41) is 27.7. The molecule has 0 aliphatic heterocycles. The molecule has 7 nitrogen and oxygen atoms in total. The van der Waals surface area contributed by atoms with Crippen molar-refractivity contribution in [2.24, 2.45) is 0 Å². The monoisotopic (exact) mass is 184 g/mol. The topological polar surface area (TPSA) is 114 Å². The van der Waals surface area contributed by atoms with Crippen LogP contribution in [0.1, 0.15) is 10.4 Å². The number of hydrogen-bond donors (Lipinski definition) is 2. The fraction of sp³-hybridized carbons (Fsp3) is 0. The molecule has 0 aliphatic rings. The molecule has 1 aromatic rings. The second-order valence-electron chi connectivity index (χ2n) is 2.09. The first-order chi connectivity index (χ1) is 6.04. The van der Waals surface area contributed by atoms with E-state index < -0.39 is 28.0 Å². The van der Waals surface area contributed by atoms with Crippen LogP contribution in [-0.4, -0.2) is 26.1 Å². The second-order valence-corrected chi connectivity index (χ2v) is 2.09. The highest BCUT2D eigenvalue weighted by atomic mass is 16.6.